The highest BCUT2D eigenvalue weighted by atomic mass is 16.5. The topological polar surface area (TPSA) is 95.9 Å². The van der Waals surface area contributed by atoms with Crippen molar-refractivity contribution < 1.29 is 24.5 Å². The van der Waals surface area contributed by atoms with E-state index in [1.54, 1.807) is 6.08 Å². The molecule has 0 rings (SSSR count). The third-order valence-electron chi connectivity index (χ3n) is 17.9. The summed E-state index contributed by atoms with van der Waals surface area (Å²) in [5.74, 6) is -0.0511. The number of amides is 1. The first-order valence-corrected chi connectivity index (χ1v) is 38.3. The van der Waals surface area contributed by atoms with E-state index in [0.29, 0.717) is 19.4 Å². The smallest absolute Gasteiger partial charge is 0.305 e. The van der Waals surface area contributed by atoms with Crippen molar-refractivity contribution in [3.05, 3.63) is 36.5 Å². The first-order valence-electron chi connectivity index (χ1n) is 38.3. The van der Waals surface area contributed by atoms with Crippen LogP contribution in [0.15, 0.2) is 36.5 Å². The van der Waals surface area contributed by atoms with Crippen LogP contribution in [0, 0.1) is 0 Å². The largest absolute Gasteiger partial charge is 0.466 e. The molecule has 0 bridgehead atoms. The molecule has 0 heterocycles. The van der Waals surface area contributed by atoms with Gasteiger partial charge in [-0.3, -0.25) is 9.59 Å². The molecule has 0 aliphatic carbocycles. The Morgan fingerprint density at radius 1 is 0.333 bits per heavy atom. The Kier molecular flexibility index (Phi) is 71.9. The summed E-state index contributed by atoms with van der Waals surface area (Å²) in [6.45, 7) is 4.92. The SMILES string of the molecule is CCCCCC/C=C\C/C=C\CCCCCCCC(=O)OCCCCCCCCCCCCCCCCCCCCCCCCCCCCCCCCCCCC(=O)NC(CO)C(O)/C=C/CCCCCCCCCCCCCCCCCC. The lowest BCUT2D eigenvalue weighted by Crippen LogP contribution is -2.45. The summed E-state index contributed by atoms with van der Waals surface area (Å²) in [6.07, 6.45) is 95.4. The fourth-order valence-corrected chi connectivity index (χ4v) is 12.1. The van der Waals surface area contributed by atoms with Crippen LogP contribution in [-0.4, -0.2) is 47.4 Å². The molecule has 0 fully saturated rings. The number of ether oxygens (including phenoxy) is 1. The molecule has 0 saturated heterocycles. The van der Waals surface area contributed by atoms with Gasteiger partial charge in [0.05, 0.1) is 25.4 Å². The van der Waals surface area contributed by atoms with Gasteiger partial charge < -0.3 is 20.3 Å². The summed E-state index contributed by atoms with van der Waals surface area (Å²) < 4.78 is 5.50. The second-order valence-electron chi connectivity index (χ2n) is 26.3. The van der Waals surface area contributed by atoms with Crippen molar-refractivity contribution in [2.24, 2.45) is 0 Å². The summed E-state index contributed by atoms with van der Waals surface area (Å²) >= 11 is 0. The van der Waals surface area contributed by atoms with Crippen LogP contribution >= 0.6 is 0 Å². The summed E-state index contributed by atoms with van der Waals surface area (Å²) in [5, 5.41) is 23.2. The quantitative estimate of drug-likeness (QED) is 0.0320. The van der Waals surface area contributed by atoms with Crippen LogP contribution in [0.25, 0.3) is 0 Å². The van der Waals surface area contributed by atoms with E-state index in [4.69, 9.17) is 4.74 Å². The minimum absolute atomic E-state index is 0.00849. The standard InChI is InChI=1S/C78H149NO5/c1-3-5-7-9-11-13-15-17-19-21-39-42-46-50-54-58-62-66-70-76(81)75(74-80)79-77(82)71-67-63-59-55-51-47-43-40-37-35-33-31-29-27-25-23-22-24-26-28-30-32-34-36-38-41-45-49-53-57-61-65-69-73-84-78(83)72-68-64-60-56-52-48-44-20-18-16-14-12-10-8-6-4-2/h14,16,20,44,66,70,75-76,80-81H,3-13,15,17-19,21-43,45-65,67-69,71-74H2,1-2H3,(H,79,82)/b16-14-,44-20-,70-66+. The maximum absolute atomic E-state index is 12.5. The van der Waals surface area contributed by atoms with Crippen molar-refractivity contribution >= 4 is 11.9 Å². The highest BCUT2D eigenvalue weighted by Gasteiger charge is 2.18. The molecule has 6 nitrogen and oxygen atoms in total. The van der Waals surface area contributed by atoms with Gasteiger partial charge >= 0.3 is 5.97 Å². The van der Waals surface area contributed by atoms with Gasteiger partial charge in [-0.25, -0.2) is 0 Å². The summed E-state index contributed by atoms with van der Waals surface area (Å²) in [5.41, 5.74) is 0. The van der Waals surface area contributed by atoms with E-state index >= 15 is 0 Å². The number of aliphatic hydroxyl groups excluding tert-OH is 2. The highest BCUT2D eigenvalue weighted by Crippen LogP contribution is 2.19. The van der Waals surface area contributed by atoms with E-state index in [-0.39, 0.29) is 18.5 Å². The number of esters is 1. The molecule has 0 aromatic rings. The van der Waals surface area contributed by atoms with E-state index in [2.05, 4.69) is 43.5 Å². The third-order valence-corrected chi connectivity index (χ3v) is 17.9. The Hall–Kier alpha value is -1.92. The molecule has 0 spiro atoms. The molecule has 2 unspecified atom stereocenters. The number of unbranched alkanes of at least 4 members (excludes halogenated alkanes) is 57. The van der Waals surface area contributed by atoms with Crippen molar-refractivity contribution in [1.82, 2.24) is 5.32 Å². The number of hydrogen-bond acceptors (Lipinski definition) is 5. The Labute approximate surface area is 525 Å². The van der Waals surface area contributed by atoms with Crippen LogP contribution in [0.1, 0.15) is 425 Å². The number of aliphatic hydroxyl groups is 2. The lowest BCUT2D eigenvalue weighted by molar-refractivity contribution is -0.143. The molecule has 3 N–H and O–H groups in total. The molecule has 0 aromatic carbocycles. The van der Waals surface area contributed by atoms with E-state index < -0.39 is 12.1 Å². The van der Waals surface area contributed by atoms with Crippen LogP contribution in [-0.2, 0) is 14.3 Å². The van der Waals surface area contributed by atoms with Crippen LogP contribution in [0.5, 0.6) is 0 Å². The average Bonchev–Trinajstić information content (AvgIpc) is 3.51. The van der Waals surface area contributed by atoms with Gasteiger partial charge in [0.1, 0.15) is 0 Å². The van der Waals surface area contributed by atoms with Gasteiger partial charge in [0.25, 0.3) is 0 Å². The Morgan fingerprint density at radius 2 is 0.595 bits per heavy atom. The predicted molar refractivity (Wildman–Crippen MR) is 370 cm³/mol. The van der Waals surface area contributed by atoms with E-state index in [1.807, 2.05) is 6.08 Å². The molecule has 0 saturated carbocycles. The zero-order valence-corrected chi connectivity index (χ0v) is 56.9. The van der Waals surface area contributed by atoms with Gasteiger partial charge in [-0.15, -0.1) is 0 Å². The van der Waals surface area contributed by atoms with Crippen molar-refractivity contribution in [3.63, 3.8) is 0 Å². The number of carbonyl (C=O) groups is 2. The molecule has 1 amide bonds. The second kappa shape index (κ2) is 73.5. The molecule has 2 atom stereocenters. The van der Waals surface area contributed by atoms with Crippen molar-refractivity contribution in [1.29, 1.82) is 0 Å². The maximum atomic E-state index is 12.5. The number of hydrogen-bond donors (Lipinski definition) is 3. The van der Waals surface area contributed by atoms with Crippen molar-refractivity contribution in [2.45, 2.75) is 437 Å². The molecule has 0 aliphatic heterocycles. The van der Waals surface area contributed by atoms with Crippen LogP contribution in [0.2, 0.25) is 0 Å². The molecular formula is C78H149NO5. The van der Waals surface area contributed by atoms with E-state index in [9.17, 15) is 19.8 Å². The fraction of sp³-hybridized carbons (Fsp3) is 0.897. The maximum Gasteiger partial charge on any atom is 0.305 e. The van der Waals surface area contributed by atoms with Gasteiger partial charge in [-0.1, -0.05) is 384 Å². The average molecular weight is 1180 g/mol. The van der Waals surface area contributed by atoms with Crippen LogP contribution in [0.3, 0.4) is 0 Å². The minimum Gasteiger partial charge on any atom is -0.466 e. The Morgan fingerprint density at radius 3 is 0.917 bits per heavy atom. The summed E-state index contributed by atoms with van der Waals surface area (Å²) in [4.78, 5) is 24.6. The number of rotatable bonds is 72. The molecule has 496 valence electrons. The van der Waals surface area contributed by atoms with E-state index in [0.717, 1.165) is 51.4 Å². The van der Waals surface area contributed by atoms with E-state index in [1.165, 1.54) is 347 Å². The summed E-state index contributed by atoms with van der Waals surface area (Å²) in [7, 11) is 0. The lowest BCUT2D eigenvalue weighted by atomic mass is 10.0. The van der Waals surface area contributed by atoms with Crippen molar-refractivity contribution in [3.8, 4) is 0 Å². The van der Waals surface area contributed by atoms with Crippen LogP contribution < -0.4 is 5.32 Å². The first-order chi connectivity index (χ1) is 41.5. The highest BCUT2D eigenvalue weighted by molar-refractivity contribution is 5.76. The minimum atomic E-state index is -0.842. The van der Waals surface area contributed by atoms with Gasteiger partial charge in [0.2, 0.25) is 5.91 Å². The van der Waals surface area contributed by atoms with Gasteiger partial charge in [-0.2, -0.15) is 0 Å². The molecule has 0 aromatic heterocycles. The number of allylic oxidation sites excluding steroid dienone is 5. The molecule has 0 radical (unpaired) electrons. The monoisotopic (exact) mass is 1180 g/mol. The predicted octanol–water partition coefficient (Wildman–Crippen LogP) is 25.0. The van der Waals surface area contributed by atoms with Gasteiger partial charge in [-0.05, 0) is 64.2 Å². The molecule has 0 aliphatic rings. The van der Waals surface area contributed by atoms with Crippen molar-refractivity contribution in [2.75, 3.05) is 13.2 Å². The second-order valence-corrected chi connectivity index (χ2v) is 26.3. The molecular weight excluding hydrogens is 1030 g/mol. The lowest BCUT2D eigenvalue weighted by Gasteiger charge is -2.20. The zero-order valence-electron chi connectivity index (χ0n) is 56.9. The van der Waals surface area contributed by atoms with Crippen LogP contribution in [0.4, 0.5) is 0 Å². The zero-order chi connectivity index (χ0) is 60.6. The van der Waals surface area contributed by atoms with Gasteiger partial charge in [0, 0.05) is 12.8 Å². The number of nitrogens with one attached hydrogen (secondary N) is 1. The third kappa shape index (κ3) is 69.2. The normalized spacial score (nSPS) is 12.7. The first kappa shape index (κ1) is 82.1. The number of carbonyl (C=O) groups excluding carboxylic acids is 2. The Bertz CT molecular complexity index is 1360. The molecule has 6 heteroatoms. The Balaban J connectivity index is 3.34. The fourth-order valence-electron chi connectivity index (χ4n) is 12.1. The molecule has 84 heavy (non-hydrogen) atoms. The van der Waals surface area contributed by atoms with Gasteiger partial charge in [0.15, 0.2) is 0 Å². The summed E-state index contributed by atoms with van der Waals surface area (Å²) in [6, 6.07) is -0.625.